The number of rotatable bonds is 6. The molecule has 0 heterocycles. The standard InChI is InChI=1S/C10H18O3/c1-5-9-10(11-6-2,12-7-3)13-8-4/h6-8H2,1-4H3. The highest BCUT2D eigenvalue weighted by atomic mass is 16.9. The molecular formula is C10H18O3. The van der Waals surface area contributed by atoms with Crippen LogP contribution in [0.5, 0.6) is 0 Å². The predicted molar refractivity (Wildman–Crippen MR) is 51.1 cm³/mol. The normalized spacial score (nSPS) is 10.8. The van der Waals surface area contributed by atoms with E-state index in [1.54, 1.807) is 6.92 Å². The molecule has 13 heavy (non-hydrogen) atoms. The summed E-state index contributed by atoms with van der Waals surface area (Å²) in [5.74, 6) is 4.36. The molecule has 0 amide bonds. The monoisotopic (exact) mass is 186 g/mol. The number of ether oxygens (including phenoxy) is 3. The summed E-state index contributed by atoms with van der Waals surface area (Å²) in [5, 5.41) is 0. The van der Waals surface area contributed by atoms with E-state index < -0.39 is 5.97 Å². The molecular weight excluding hydrogens is 168 g/mol. The van der Waals surface area contributed by atoms with Gasteiger partial charge in [-0.15, -0.1) is 0 Å². The molecule has 0 aromatic rings. The van der Waals surface area contributed by atoms with Crippen molar-refractivity contribution in [1.29, 1.82) is 0 Å². The second-order valence-corrected chi connectivity index (χ2v) is 2.23. The Hall–Kier alpha value is -0.560. The first-order valence-electron chi connectivity index (χ1n) is 4.60. The van der Waals surface area contributed by atoms with Crippen LogP contribution in [0.3, 0.4) is 0 Å². The third-order valence-electron chi connectivity index (χ3n) is 1.28. The van der Waals surface area contributed by atoms with Crippen LogP contribution in [0.15, 0.2) is 0 Å². The largest absolute Gasteiger partial charge is 0.353 e. The zero-order valence-corrected chi connectivity index (χ0v) is 8.85. The lowest BCUT2D eigenvalue weighted by Gasteiger charge is -2.26. The van der Waals surface area contributed by atoms with E-state index in [9.17, 15) is 0 Å². The molecule has 3 heteroatoms. The van der Waals surface area contributed by atoms with Gasteiger partial charge in [0.05, 0.1) is 19.8 Å². The SMILES string of the molecule is CC#CC(OCC)(OCC)OCC. The van der Waals surface area contributed by atoms with Crippen molar-refractivity contribution in [3.05, 3.63) is 0 Å². The highest BCUT2D eigenvalue weighted by Gasteiger charge is 2.29. The predicted octanol–water partition coefficient (Wildman–Crippen LogP) is 1.77. The molecule has 0 bridgehead atoms. The summed E-state index contributed by atoms with van der Waals surface area (Å²) in [4.78, 5) is 0. The summed E-state index contributed by atoms with van der Waals surface area (Å²) in [6.07, 6.45) is 0. The molecule has 0 atom stereocenters. The maximum atomic E-state index is 5.33. The van der Waals surface area contributed by atoms with Crippen LogP contribution in [0, 0.1) is 11.8 Å². The van der Waals surface area contributed by atoms with Gasteiger partial charge in [-0.3, -0.25) is 0 Å². The van der Waals surface area contributed by atoms with E-state index in [2.05, 4.69) is 11.8 Å². The van der Waals surface area contributed by atoms with Gasteiger partial charge in [0.25, 0.3) is 0 Å². The molecule has 0 rings (SSSR count). The van der Waals surface area contributed by atoms with Crippen LogP contribution in [0.25, 0.3) is 0 Å². The lowest BCUT2D eigenvalue weighted by Crippen LogP contribution is -2.38. The minimum absolute atomic E-state index is 0.509. The second-order valence-electron chi connectivity index (χ2n) is 2.23. The third kappa shape index (κ3) is 4.28. The van der Waals surface area contributed by atoms with Crippen molar-refractivity contribution in [2.24, 2.45) is 0 Å². The van der Waals surface area contributed by atoms with E-state index in [1.807, 2.05) is 20.8 Å². The van der Waals surface area contributed by atoms with Crippen LogP contribution in [0.1, 0.15) is 27.7 Å². The van der Waals surface area contributed by atoms with Gasteiger partial charge in [-0.2, -0.15) is 0 Å². The van der Waals surface area contributed by atoms with Gasteiger partial charge in [0, 0.05) is 0 Å². The van der Waals surface area contributed by atoms with Crippen molar-refractivity contribution in [2.45, 2.75) is 33.7 Å². The van der Waals surface area contributed by atoms with Gasteiger partial charge in [-0.25, -0.2) is 0 Å². The molecule has 0 aliphatic carbocycles. The molecule has 0 spiro atoms. The average Bonchev–Trinajstić information content (AvgIpc) is 2.06. The number of hydrogen-bond acceptors (Lipinski definition) is 3. The zero-order chi connectivity index (χ0) is 10.2. The van der Waals surface area contributed by atoms with Crippen LogP contribution in [-0.2, 0) is 14.2 Å². The Morgan fingerprint density at radius 2 is 1.31 bits per heavy atom. The molecule has 76 valence electrons. The first-order chi connectivity index (χ1) is 6.24. The van der Waals surface area contributed by atoms with Crippen molar-refractivity contribution >= 4 is 0 Å². The summed E-state index contributed by atoms with van der Waals surface area (Å²) >= 11 is 0. The molecule has 0 unspecified atom stereocenters. The Morgan fingerprint density at radius 3 is 1.54 bits per heavy atom. The van der Waals surface area contributed by atoms with Gasteiger partial charge < -0.3 is 14.2 Å². The molecule has 0 saturated heterocycles. The first kappa shape index (κ1) is 12.4. The van der Waals surface area contributed by atoms with E-state index in [0.717, 1.165) is 0 Å². The Kier molecular flexibility index (Phi) is 6.61. The van der Waals surface area contributed by atoms with E-state index in [1.165, 1.54) is 0 Å². The molecule has 3 nitrogen and oxygen atoms in total. The van der Waals surface area contributed by atoms with E-state index in [4.69, 9.17) is 14.2 Å². The Balaban J connectivity index is 4.44. The molecule has 0 saturated carbocycles. The van der Waals surface area contributed by atoms with E-state index >= 15 is 0 Å². The second kappa shape index (κ2) is 6.90. The quantitative estimate of drug-likeness (QED) is 0.467. The molecule has 0 aromatic carbocycles. The summed E-state index contributed by atoms with van der Waals surface area (Å²) in [6.45, 7) is 8.89. The Bertz CT molecular complexity index is 161. The van der Waals surface area contributed by atoms with Crippen molar-refractivity contribution < 1.29 is 14.2 Å². The van der Waals surface area contributed by atoms with Crippen LogP contribution >= 0.6 is 0 Å². The van der Waals surface area contributed by atoms with Crippen LogP contribution in [-0.4, -0.2) is 25.8 Å². The van der Waals surface area contributed by atoms with Crippen molar-refractivity contribution in [2.75, 3.05) is 19.8 Å². The maximum absolute atomic E-state index is 5.33. The van der Waals surface area contributed by atoms with Crippen molar-refractivity contribution in [3.63, 3.8) is 0 Å². The Morgan fingerprint density at radius 1 is 0.923 bits per heavy atom. The topological polar surface area (TPSA) is 27.7 Å². The fourth-order valence-corrected chi connectivity index (χ4v) is 0.956. The molecule has 0 fully saturated rings. The van der Waals surface area contributed by atoms with Gasteiger partial charge in [-0.1, -0.05) is 5.92 Å². The van der Waals surface area contributed by atoms with Crippen molar-refractivity contribution in [3.8, 4) is 11.8 Å². The highest BCUT2D eigenvalue weighted by molar-refractivity contribution is 5.04. The molecule has 0 N–H and O–H groups in total. The lowest BCUT2D eigenvalue weighted by atomic mass is 10.5. The fourth-order valence-electron chi connectivity index (χ4n) is 0.956. The maximum Gasteiger partial charge on any atom is 0.353 e. The fraction of sp³-hybridized carbons (Fsp3) is 0.800. The average molecular weight is 186 g/mol. The van der Waals surface area contributed by atoms with Crippen molar-refractivity contribution in [1.82, 2.24) is 0 Å². The summed E-state index contributed by atoms with van der Waals surface area (Å²) in [6, 6.07) is 0. The van der Waals surface area contributed by atoms with Crippen LogP contribution in [0.2, 0.25) is 0 Å². The van der Waals surface area contributed by atoms with E-state index in [-0.39, 0.29) is 0 Å². The third-order valence-corrected chi connectivity index (χ3v) is 1.28. The molecule has 0 radical (unpaired) electrons. The van der Waals surface area contributed by atoms with Gasteiger partial charge in [0.15, 0.2) is 0 Å². The highest BCUT2D eigenvalue weighted by Crippen LogP contribution is 2.14. The summed E-state index contributed by atoms with van der Waals surface area (Å²) in [5.41, 5.74) is 0. The molecule has 0 aliphatic rings. The number of hydrogen-bond donors (Lipinski definition) is 0. The lowest BCUT2D eigenvalue weighted by molar-refractivity contribution is -0.339. The van der Waals surface area contributed by atoms with Crippen LogP contribution < -0.4 is 0 Å². The minimum Gasteiger partial charge on any atom is -0.317 e. The summed E-state index contributed by atoms with van der Waals surface area (Å²) in [7, 11) is 0. The van der Waals surface area contributed by atoms with E-state index in [0.29, 0.717) is 19.8 Å². The van der Waals surface area contributed by atoms with Gasteiger partial charge in [0.1, 0.15) is 0 Å². The van der Waals surface area contributed by atoms with Gasteiger partial charge >= 0.3 is 5.97 Å². The Labute approximate surface area is 80.4 Å². The van der Waals surface area contributed by atoms with Gasteiger partial charge in [-0.05, 0) is 33.6 Å². The first-order valence-corrected chi connectivity index (χ1v) is 4.60. The zero-order valence-electron chi connectivity index (χ0n) is 8.85. The van der Waals surface area contributed by atoms with Gasteiger partial charge in [0.2, 0.25) is 0 Å². The molecule has 0 aliphatic heterocycles. The minimum atomic E-state index is -1.16. The van der Waals surface area contributed by atoms with Crippen LogP contribution in [0.4, 0.5) is 0 Å². The summed E-state index contributed by atoms with van der Waals surface area (Å²) < 4.78 is 16.0. The smallest absolute Gasteiger partial charge is 0.317 e. The molecule has 0 aromatic heterocycles.